The Labute approximate surface area is 157 Å². The molecule has 8 heteroatoms. The zero-order valence-corrected chi connectivity index (χ0v) is 15.5. The molecule has 0 saturated carbocycles. The maximum Gasteiger partial charge on any atom is 0.319 e. The van der Waals surface area contributed by atoms with E-state index in [0.29, 0.717) is 49.6 Å². The highest BCUT2D eigenvalue weighted by molar-refractivity contribution is 5.93. The molecular weight excluding hydrogens is 351 g/mol. The summed E-state index contributed by atoms with van der Waals surface area (Å²) < 4.78 is 25.1. The quantitative estimate of drug-likeness (QED) is 0.727. The second kappa shape index (κ2) is 9.48. The third-order valence-electron chi connectivity index (χ3n) is 4.28. The maximum absolute atomic E-state index is 14.5. The highest BCUT2D eigenvalue weighted by atomic mass is 19.1. The van der Waals surface area contributed by atoms with Crippen LogP contribution in [-0.2, 0) is 9.47 Å². The van der Waals surface area contributed by atoms with Crippen molar-refractivity contribution in [2.75, 3.05) is 56.3 Å². The van der Waals surface area contributed by atoms with E-state index in [2.05, 4.69) is 20.5 Å². The van der Waals surface area contributed by atoms with Crippen molar-refractivity contribution in [1.82, 2.24) is 10.3 Å². The Hall–Kier alpha value is -2.45. The first-order valence-electron chi connectivity index (χ1n) is 9.23. The van der Waals surface area contributed by atoms with Gasteiger partial charge in [-0.25, -0.2) is 14.2 Å². The molecule has 27 heavy (non-hydrogen) atoms. The van der Waals surface area contributed by atoms with Crippen molar-refractivity contribution >= 4 is 28.4 Å². The minimum Gasteiger partial charge on any atom is -0.382 e. The van der Waals surface area contributed by atoms with Crippen LogP contribution in [0.3, 0.4) is 0 Å². The SMILES string of the molecule is CCOCCCNC(=O)Nc1cc(F)c2nc(N3CCOCC3)ccc2c1. The summed E-state index contributed by atoms with van der Waals surface area (Å²) in [6.45, 7) is 6.43. The number of nitrogens with zero attached hydrogens (tertiary/aromatic N) is 2. The number of pyridine rings is 1. The van der Waals surface area contributed by atoms with Gasteiger partial charge in [0.05, 0.1) is 13.2 Å². The summed E-state index contributed by atoms with van der Waals surface area (Å²) in [6.07, 6.45) is 0.724. The van der Waals surface area contributed by atoms with Gasteiger partial charge in [0, 0.05) is 43.9 Å². The van der Waals surface area contributed by atoms with Gasteiger partial charge >= 0.3 is 6.03 Å². The zero-order chi connectivity index (χ0) is 19.1. The summed E-state index contributed by atoms with van der Waals surface area (Å²) in [7, 11) is 0. The summed E-state index contributed by atoms with van der Waals surface area (Å²) >= 11 is 0. The number of morpholine rings is 1. The Kier molecular flexibility index (Phi) is 6.78. The lowest BCUT2D eigenvalue weighted by Gasteiger charge is -2.28. The van der Waals surface area contributed by atoms with Crippen LogP contribution in [0.1, 0.15) is 13.3 Å². The fraction of sp³-hybridized carbons (Fsp3) is 0.474. The lowest BCUT2D eigenvalue weighted by Crippen LogP contribution is -2.36. The summed E-state index contributed by atoms with van der Waals surface area (Å²) in [6, 6.07) is 6.32. The van der Waals surface area contributed by atoms with Gasteiger partial charge in [-0.05, 0) is 37.6 Å². The van der Waals surface area contributed by atoms with Crippen LogP contribution in [0.25, 0.3) is 10.9 Å². The van der Waals surface area contributed by atoms with E-state index in [0.717, 1.165) is 25.3 Å². The normalized spacial score (nSPS) is 14.4. The van der Waals surface area contributed by atoms with E-state index in [4.69, 9.17) is 9.47 Å². The standard InChI is InChI=1S/C19H25FN4O3/c1-2-26-9-3-6-21-19(25)22-15-12-14-4-5-17(23-18(14)16(20)13-15)24-7-10-27-11-8-24/h4-5,12-13H,2-3,6-11H2,1H3,(H2,21,22,25). The molecular formula is C19H25FN4O3. The van der Waals surface area contributed by atoms with Crippen LogP contribution in [0.4, 0.5) is 20.7 Å². The van der Waals surface area contributed by atoms with Gasteiger partial charge in [-0.2, -0.15) is 0 Å². The second-order valence-corrected chi connectivity index (χ2v) is 6.23. The third kappa shape index (κ3) is 5.27. The predicted octanol–water partition coefficient (Wildman–Crippen LogP) is 2.76. The Balaban J connectivity index is 1.64. The molecule has 0 unspecified atom stereocenters. The monoisotopic (exact) mass is 376 g/mol. The third-order valence-corrected chi connectivity index (χ3v) is 4.28. The summed E-state index contributed by atoms with van der Waals surface area (Å²) in [4.78, 5) is 18.5. The number of urea groups is 1. The van der Waals surface area contributed by atoms with Gasteiger partial charge in [0.2, 0.25) is 0 Å². The number of benzene rings is 1. The molecule has 0 radical (unpaired) electrons. The molecule has 1 aromatic heterocycles. The molecule has 1 fully saturated rings. The number of halogens is 1. The Morgan fingerprint density at radius 2 is 2.15 bits per heavy atom. The molecule has 0 spiro atoms. The van der Waals surface area contributed by atoms with Gasteiger partial charge in [-0.1, -0.05) is 0 Å². The molecule has 2 aromatic rings. The number of ether oxygens (including phenoxy) is 2. The smallest absolute Gasteiger partial charge is 0.319 e. The van der Waals surface area contributed by atoms with E-state index in [-0.39, 0.29) is 6.03 Å². The van der Waals surface area contributed by atoms with Crippen molar-refractivity contribution in [3.63, 3.8) is 0 Å². The Morgan fingerprint density at radius 3 is 2.93 bits per heavy atom. The van der Waals surface area contributed by atoms with Crippen LogP contribution >= 0.6 is 0 Å². The van der Waals surface area contributed by atoms with Crippen molar-refractivity contribution in [3.8, 4) is 0 Å². The first-order valence-corrected chi connectivity index (χ1v) is 9.23. The molecule has 1 saturated heterocycles. The van der Waals surface area contributed by atoms with E-state index in [9.17, 15) is 9.18 Å². The van der Waals surface area contributed by atoms with Gasteiger partial charge in [-0.15, -0.1) is 0 Å². The number of aromatic nitrogens is 1. The summed E-state index contributed by atoms with van der Waals surface area (Å²) in [5, 5.41) is 6.02. The molecule has 1 aliphatic rings. The molecule has 2 heterocycles. The number of carbonyl (C=O) groups excluding carboxylic acids is 1. The van der Waals surface area contributed by atoms with E-state index in [1.54, 1.807) is 6.07 Å². The van der Waals surface area contributed by atoms with Crippen LogP contribution in [0, 0.1) is 5.82 Å². The molecule has 1 aromatic carbocycles. The molecule has 3 rings (SSSR count). The Bertz CT molecular complexity index is 781. The molecule has 0 atom stereocenters. The average molecular weight is 376 g/mol. The van der Waals surface area contributed by atoms with Gasteiger partial charge in [0.25, 0.3) is 0 Å². The van der Waals surface area contributed by atoms with Crippen LogP contribution in [-0.4, -0.2) is 57.1 Å². The largest absolute Gasteiger partial charge is 0.382 e. The summed E-state index contributed by atoms with van der Waals surface area (Å²) in [5.74, 6) is 0.270. The minimum atomic E-state index is -0.464. The van der Waals surface area contributed by atoms with Crippen LogP contribution in [0.15, 0.2) is 24.3 Å². The number of hydrogen-bond acceptors (Lipinski definition) is 5. The molecule has 0 aliphatic carbocycles. The number of hydrogen-bond donors (Lipinski definition) is 2. The van der Waals surface area contributed by atoms with E-state index in [1.165, 1.54) is 6.07 Å². The lowest BCUT2D eigenvalue weighted by molar-refractivity contribution is 0.122. The highest BCUT2D eigenvalue weighted by Gasteiger charge is 2.14. The second-order valence-electron chi connectivity index (χ2n) is 6.23. The molecule has 1 aliphatic heterocycles. The maximum atomic E-state index is 14.5. The number of anilines is 2. The topological polar surface area (TPSA) is 75.7 Å². The molecule has 2 N–H and O–H groups in total. The number of fused-ring (bicyclic) bond motifs is 1. The zero-order valence-electron chi connectivity index (χ0n) is 15.5. The molecule has 2 amide bonds. The number of carbonyl (C=O) groups is 1. The molecule has 146 valence electrons. The average Bonchev–Trinajstić information content (AvgIpc) is 2.68. The van der Waals surface area contributed by atoms with Crippen molar-refractivity contribution in [1.29, 1.82) is 0 Å². The van der Waals surface area contributed by atoms with Crippen molar-refractivity contribution in [2.24, 2.45) is 0 Å². The Morgan fingerprint density at radius 1 is 1.33 bits per heavy atom. The number of amides is 2. The molecule has 0 bridgehead atoms. The lowest BCUT2D eigenvalue weighted by atomic mass is 10.2. The van der Waals surface area contributed by atoms with E-state index < -0.39 is 5.82 Å². The fourth-order valence-corrected chi connectivity index (χ4v) is 2.92. The number of rotatable bonds is 7. The van der Waals surface area contributed by atoms with Crippen molar-refractivity contribution in [2.45, 2.75) is 13.3 Å². The minimum absolute atomic E-state index is 0.293. The van der Waals surface area contributed by atoms with Crippen LogP contribution in [0.2, 0.25) is 0 Å². The first kappa shape index (κ1) is 19.3. The van der Waals surface area contributed by atoms with E-state index >= 15 is 0 Å². The van der Waals surface area contributed by atoms with Crippen LogP contribution < -0.4 is 15.5 Å². The van der Waals surface area contributed by atoms with Crippen molar-refractivity contribution in [3.05, 3.63) is 30.1 Å². The predicted molar refractivity (Wildman–Crippen MR) is 103 cm³/mol. The van der Waals surface area contributed by atoms with Crippen molar-refractivity contribution < 1.29 is 18.7 Å². The fourth-order valence-electron chi connectivity index (χ4n) is 2.92. The van der Waals surface area contributed by atoms with Gasteiger partial charge in [0.1, 0.15) is 11.3 Å². The highest BCUT2D eigenvalue weighted by Crippen LogP contribution is 2.25. The van der Waals surface area contributed by atoms with Gasteiger partial charge in [-0.3, -0.25) is 0 Å². The van der Waals surface area contributed by atoms with E-state index in [1.807, 2.05) is 19.1 Å². The first-order chi connectivity index (χ1) is 13.2. The van der Waals surface area contributed by atoms with Gasteiger partial charge in [0.15, 0.2) is 5.82 Å². The van der Waals surface area contributed by atoms with Gasteiger partial charge < -0.3 is 25.0 Å². The van der Waals surface area contributed by atoms with Crippen LogP contribution in [0.5, 0.6) is 0 Å². The number of nitrogens with one attached hydrogen (secondary N) is 2. The summed E-state index contributed by atoms with van der Waals surface area (Å²) in [5.41, 5.74) is 0.685. The molecule has 7 nitrogen and oxygen atoms in total.